The summed E-state index contributed by atoms with van der Waals surface area (Å²) in [4.78, 5) is 10.3. The number of hydrogen-bond donors (Lipinski definition) is 0. The summed E-state index contributed by atoms with van der Waals surface area (Å²) in [5.41, 5.74) is 2.31. The van der Waals surface area contributed by atoms with E-state index >= 15 is 0 Å². The van der Waals surface area contributed by atoms with Gasteiger partial charge in [-0.3, -0.25) is 4.79 Å². The maximum absolute atomic E-state index is 12.6. The fourth-order valence-electron chi connectivity index (χ4n) is 2.51. The van der Waals surface area contributed by atoms with E-state index in [0.717, 1.165) is 18.1 Å². The standard InChI is InChI=1S/C20H23F3O/c1-15(7-5-9-17(12-14-24)20(21,22)23)10-11-18-16(2)8-6-13-19(18,3)4/h5-12,14H,13H2,1-4H3. The smallest absolute Gasteiger partial charge is 0.299 e. The Morgan fingerprint density at radius 3 is 2.42 bits per heavy atom. The predicted octanol–water partition coefficient (Wildman–Crippen LogP) is 6.04. The van der Waals surface area contributed by atoms with Crippen molar-refractivity contribution < 1.29 is 18.0 Å². The topological polar surface area (TPSA) is 17.1 Å². The van der Waals surface area contributed by atoms with Gasteiger partial charge in [0.05, 0.1) is 5.57 Å². The summed E-state index contributed by atoms with van der Waals surface area (Å²) in [5, 5.41) is 0. The molecule has 0 N–H and O–H groups in total. The van der Waals surface area contributed by atoms with Gasteiger partial charge in [-0.15, -0.1) is 0 Å². The lowest BCUT2D eigenvalue weighted by atomic mass is 9.75. The van der Waals surface area contributed by atoms with Gasteiger partial charge in [0.2, 0.25) is 0 Å². The first-order valence-electron chi connectivity index (χ1n) is 7.71. The molecule has 1 aliphatic rings. The minimum absolute atomic E-state index is 0.0433. The Balaban J connectivity index is 2.91. The average molecular weight is 336 g/mol. The molecule has 0 amide bonds. The maximum Gasteiger partial charge on any atom is 0.416 e. The van der Waals surface area contributed by atoms with Crippen LogP contribution >= 0.6 is 0 Å². The summed E-state index contributed by atoms with van der Waals surface area (Å²) in [5.74, 6) is 0. The Bertz CT molecular complexity index is 651. The summed E-state index contributed by atoms with van der Waals surface area (Å²) < 4.78 is 37.9. The Hall–Kier alpha value is -2.10. The van der Waals surface area contributed by atoms with Crippen molar-refractivity contribution in [3.05, 3.63) is 70.9 Å². The highest BCUT2D eigenvalue weighted by atomic mass is 19.4. The molecule has 0 aromatic heterocycles. The zero-order valence-electron chi connectivity index (χ0n) is 14.4. The van der Waals surface area contributed by atoms with E-state index in [1.54, 1.807) is 6.08 Å². The fourth-order valence-corrected chi connectivity index (χ4v) is 2.51. The third-order valence-corrected chi connectivity index (χ3v) is 3.87. The van der Waals surface area contributed by atoms with Gasteiger partial charge < -0.3 is 0 Å². The van der Waals surface area contributed by atoms with Crippen molar-refractivity contribution in [3.8, 4) is 0 Å². The second-order valence-electron chi connectivity index (χ2n) is 6.45. The van der Waals surface area contributed by atoms with Crippen LogP contribution in [-0.2, 0) is 4.79 Å². The molecule has 4 heteroatoms. The highest BCUT2D eigenvalue weighted by Gasteiger charge is 2.31. The number of rotatable bonds is 5. The molecule has 0 radical (unpaired) electrons. The van der Waals surface area contributed by atoms with E-state index in [1.165, 1.54) is 17.2 Å². The summed E-state index contributed by atoms with van der Waals surface area (Å²) in [6.07, 6.45) is 9.00. The molecular formula is C20H23F3O. The molecule has 0 saturated carbocycles. The zero-order chi connectivity index (χ0) is 18.4. The maximum atomic E-state index is 12.6. The van der Waals surface area contributed by atoms with Crippen LogP contribution in [0.3, 0.4) is 0 Å². The minimum Gasteiger partial charge on any atom is -0.299 e. The highest BCUT2D eigenvalue weighted by Crippen LogP contribution is 2.37. The molecule has 0 saturated heterocycles. The Kier molecular flexibility index (Phi) is 6.76. The number of carbonyl (C=O) groups is 1. The van der Waals surface area contributed by atoms with Gasteiger partial charge in [-0.2, -0.15) is 13.2 Å². The average Bonchev–Trinajstić information content (AvgIpc) is 2.44. The molecule has 0 atom stereocenters. The summed E-state index contributed by atoms with van der Waals surface area (Å²) in [6.45, 7) is 8.20. The molecule has 1 rings (SSSR count). The third kappa shape index (κ3) is 5.84. The molecule has 0 spiro atoms. The van der Waals surface area contributed by atoms with E-state index in [-0.39, 0.29) is 11.7 Å². The summed E-state index contributed by atoms with van der Waals surface area (Å²) in [6, 6.07) is 0. The van der Waals surface area contributed by atoms with Crippen LogP contribution in [0.2, 0.25) is 0 Å². The molecule has 0 bridgehead atoms. The van der Waals surface area contributed by atoms with Crippen molar-refractivity contribution in [1.82, 2.24) is 0 Å². The van der Waals surface area contributed by atoms with Gasteiger partial charge in [0.15, 0.2) is 0 Å². The number of alkyl halides is 3. The first-order valence-corrected chi connectivity index (χ1v) is 7.71. The van der Waals surface area contributed by atoms with E-state index in [4.69, 9.17) is 0 Å². The molecule has 0 aliphatic heterocycles. The highest BCUT2D eigenvalue weighted by molar-refractivity contribution is 5.67. The van der Waals surface area contributed by atoms with Crippen LogP contribution in [0.25, 0.3) is 0 Å². The molecule has 0 unspecified atom stereocenters. The van der Waals surface area contributed by atoms with Crippen molar-refractivity contribution >= 4 is 6.29 Å². The van der Waals surface area contributed by atoms with Gasteiger partial charge in [0, 0.05) is 0 Å². The van der Waals surface area contributed by atoms with Crippen LogP contribution in [0.15, 0.2) is 70.9 Å². The normalized spacial score (nSPS) is 19.6. The predicted molar refractivity (Wildman–Crippen MR) is 92.5 cm³/mol. The van der Waals surface area contributed by atoms with E-state index in [0.29, 0.717) is 6.08 Å². The number of aldehydes is 1. The molecule has 130 valence electrons. The lowest BCUT2D eigenvalue weighted by molar-refractivity contribution is -0.106. The fraction of sp³-hybridized carbons (Fsp3) is 0.350. The lowest BCUT2D eigenvalue weighted by Crippen LogP contribution is -2.16. The molecular weight excluding hydrogens is 313 g/mol. The number of carbonyl (C=O) groups excluding carboxylic acids is 1. The molecule has 0 aromatic rings. The van der Waals surface area contributed by atoms with Gasteiger partial charge in [0.25, 0.3) is 0 Å². The number of allylic oxidation sites excluding steroid dienone is 12. The van der Waals surface area contributed by atoms with Gasteiger partial charge in [-0.25, -0.2) is 0 Å². The Morgan fingerprint density at radius 1 is 1.21 bits per heavy atom. The van der Waals surface area contributed by atoms with Gasteiger partial charge in [-0.05, 0) is 49.0 Å². The third-order valence-electron chi connectivity index (χ3n) is 3.87. The van der Waals surface area contributed by atoms with Crippen molar-refractivity contribution in [1.29, 1.82) is 0 Å². The van der Waals surface area contributed by atoms with Crippen molar-refractivity contribution in [2.45, 2.75) is 40.3 Å². The number of halogens is 3. The van der Waals surface area contributed by atoms with E-state index in [9.17, 15) is 18.0 Å². The second-order valence-corrected chi connectivity index (χ2v) is 6.45. The van der Waals surface area contributed by atoms with E-state index in [1.807, 2.05) is 19.1 Å². The molecule has 0 fully saturated rings. The van der Waals surface area contributed by atoms with Crippen molar-refractivity contribution in [3.63, 3.8) is 0 Å². The quantitative estimate of drug-likeness (QED) is 0.340. The lowest BCUT2D eigenvalue weighted by Gasteiger charge is -2.29. The van der Waals surface area contributed by atoms with Crippen LogP contribution in [0.4, 0.5) is 13.2 Å². The van der Waals surface area contributed by atoms with Gasteiger partial charge in [0.1, 0.15) is 6.29 Å². The van der Waals surface area contributed by atoms with Crippen LogP contribution < -0.4 is 0 Å². The molecule has 0 heterocycles. The van der Waals surface area contributed by atoms with Crippen LogP contribution in [0.1, 0.15) is 34.1 Å². The van der Waals surface area contributed by atoms with Crippen LogP contribution in [0.5, 0.6) is 0 Å². The molecule has 0 aromatic carbocycles. The Labute approximate surface area is 141 Å². The first-order chi connectivity index (χ1) is 11.1. The SMILES string of the molecule is CC(C=CC1=C(C)C=CCC1(C)C)=CC=CC(=CC=O)C(F)(F)F. The zero-order valence-corrected chi connectivity index (χ0v) is 14.4. The molecule has 24 heavy (non-hydrogen) atoms. The minimum atomic E-state index is -4.53. The van der Waals surface area contributed by atoms with Crippen LogP contribution in [-0.4, -0.2) is 12.5 Å². The summed E-state index contributed by atoms with van der Waals surface area (Å²) >= 11 is 0. The summed E-state index contributed by atoms with van der Waals surface area (Å²) in [7, 11) is 0. The van der Waals surface area contributed by atoms with Gasteiger partial charge in [-0.1, -0.05) is 55.9 Å². The first kappa shape index (κ1) is 19.9. The second kappa shape index (κ2) is 8.13. The van der Waals surface area contributed by atoms with Crippen molar-refractivity contribution in [2.75, 3.05) is 0 Å². The largest absolute Gasteiger partial charge is 0.416 e. The molecule has 1 nitrogen and oxygen atoms in total. The van der Waals surface area contributed by atoms with E-state index < -0.39 is 11.7 Å². The molecule has 1 aliphatic carbocycles. The van der Waals surface area contributed by atoms with Gasteiger partial charge >= 0.3 is 6.18 Å². The van der Waals surface area contributed by atoms with E-state index in [2.05, 4.69) is 32.9 Å². The van der Waals surface area contributed by atoms with Crippen LogP contribution in [0, 0.1) is 5.41 Å². The Morgan fingerprint density at radius 2 is 1.88 bits per heavy atom. The van der Waals surface area contributed by atoms with Crippen molar-refractivity contribution in [2.24, 2.45) is 5.41 Å². The monoisotopic (exact) mass is 336 g/mol. The number of hydrogen-bond acceptors (Lipinski definition) is 1.